The zero-order chi connectivity index (χ0) is 23.3. The highest BCUT2D eigenvalue weighted by molar-refractivity contribution is 5.83. The number of nitrogens with one attached hydrogen (secondary N) is 1. The second kappa shape index (κ2) is 9.76. The summed E-state index contributed by atoms with van der Waals surface area (Å²) < 4.78 is 72.1. The molecule has 0 aliphatic heterocycles. The molecule has 2 aromatic rings. The highest BCUT2D eigenvalue weighted by atomic mass is 19.2. The third-order valence-corrected chi connectivity index (χ3v) is 4.19. The summed E-state index contributed by atoms with van der Waals surface area (Å²) in [6.07, 6.45) is -0.715. The van der Waals surface area contributed by atoms with Crippen LogP contribution in [0.4, 0.5) is 26.7 Å². The normalized spacial score (nSPS) is 11.2. The molecule has 0 saturated carbocycles. The lowest BCUT2D eigenvalue weighted by Crippen LogP contribution is -2.51. The van der Waals surface area contributed by atoms with E-state index in [0.717, 1.165) is 5.56 Å². The number of hydrogen-bond acceptors (Lipinski definition) is 3. The maximum absolute atomic E-state index is 13.8. The Morgan fingerprint density at radius 2 is 1.42 bits per heavy atom. The Morgan fingerprint density at radius 1 is 0.903 bits per heavy atom. The zero-order valence-corrected chi connectivity index (χ0v) is 17.1. The molecule has 0 atom stereocenters. The fourth-order valence-corrected chi connectivity index (χ4v) is 2.39. The Kier molecular flexibility index (Phi) is 7.59. The van der Waals surface area contributed by atoms with E-state index in [4.69, 9.17) is 0 Å². The topological polar surface area (TPSA) is 58.6 Å². The van der Waals surface area contributed by atoms with Gasteiger partial charge in [0.25, 0.3) is 0 Å². The van der Waals surface area contributed by atoms with Gasteiger partial charge >= 0.3 is 6.09 Å². The van der Waals surface area contributed by atoms with Crippen molar-refractivity contribution in [2.45, 2.75) is 33.6 Å². The van der Waals surface area contributed by atoms with E-state index in [9.17, 15) is 31.5 Å². The average molecular weight is 444 g/mol. The van der Waals surface area contributed by atoms with E-state index in [1.165, 1.54) is 0 Å². The first-order chi connectivity index (χ1) is 14.4. The number of amides is 2. The molecule has 0 radical (unpaired) electrons. The second-order valence-corrected chi connectivity index (χ2v) is 7.70. The summed E-state index contributed by atoms with van der Waals surface area (Å²) in [5, 5.41) is 0.634. The standard InChI is InChI=1S/C21H21F5N2O3/c1-21(2,3)19(29)27-28(11-7-10-12-8-5-4-6-9-12)20(30)31-18-16(25)14(23)13(22)15(24)17(18)26/h4-6,8-9H,7,10-11H2,1-3H3,(H,27,29). The minimum absolute atomic E-state index is 0.148. The minimum atomic E-state index is -2.38. The first kappa shape index (κ1) is 24.1. The SMILES string of the molecule is CC(C)(C)C(=O)NN(CCCc1ccccc1)C(=O)Oc1c(F)c(F)c(F)c(F)c1F. The van der Waals surface area contributed by atoms with Gasteiger partial charge in [0, 0.05) is 12.0 Å². The minimum Gasteiger partial charge on any atom is -0.402 e. The molecule has 5 nitrogen and oxygen atoms in total. The lowest BCUT2D eigenvalue weighted by Gasteiger charge is -2.27. The van der Waals surface area contributed by atoms with Crippen LogP contribution in [0, 0.1) is 34.5 Å². The summed E-state index contributed by atoms with van der Waals surface area (Å²) in [5.74, 6) is -13.9. The van der Waals surface area contributed by atoms with Gasteiger partial charge in [0.15, 0.2) is 0 Å². The lowest BCUT2D eigenvalue weighted by atomic mass is 9.96. The smallest absolute Gasteiger partial charge is 0.402 e. The van der Waals surface area contributed by atoms with Crippen LogP contribution < -0.4 is 10.2 Å². The Bertz CT molecular complexity index is 933. The van der Waals surface area contributed by atoms with Crippen molar-refractivity contribution < 1.29 is 36.3 Å². The lowest BCUT2D eigenvalue weighted by molar-refractivity contribution is -0.132. The van der Waals surface area contributed by atoms with E-state index in [1.54, 1.807) is 20.8 Å². The summed E-state index contributed by atoms with van der Waals surface area (Å²) in [6.45, 7) is 4.52. The van der Waals surface area contributed by atoms with Crippen molar-refractivity contribution in [3.05, 3.63) is 65.0 Å². The number of ether oxygens (including phenoxy) is 1. The Morgan fingerprint density at radius 3 is 1.94 bits per heavy atom. The van der Waals surface area contributed by atoms with E-state index < -0.39 is 52.3 Å². The Hall–Kier alpha value is -3.17. The number of hydrazine groups is 1. The number of carbonyl (C=O) groups is 2. The van der Waals surface area contributed by atoms with Crippen molar-refractivity contribution in [3.8, 4) is 5.75 Å². The van der Waals surface area contributed by atoms with E-state index in [0.29, 0.717) is 17.9 Å². The fraction of sp³-hybridized carbons (Fsp3) is 0.333. The molecule has 1 N–H and O–H groups in total. The van der Waals surface area contributed by atoms with Crippen LogP contribution in [-0.4, -0.2) is 23.6 Å². The molecule has 168 valence electrons. The molecule has 0 aromatic heterocycles. The van der Waals surface area contributed by atoms with Crippen molar-refractivity contribution in [2.24, 2.45) is 5.41 Å². The van der Waals surface area contributed by atoms with Gasteiger partial charge in [-0.3, -0.25) is 10.2 Å². The van der Waals surface area contributed by atoms with Gasteiger partial charge in [0.1, 0.15) is 0 Å². The summed E-state index contributed by atoms with van der Waals surface area (Å²) >= 11 is 0. The van der Waals surface area contributed by atoms with Crippen molar-refractivity contribution in [3.63, 3.8) is 0 Å². The van der Waals surface area contributed by atoms with Crippen LogP contribution in [-0.2, 0) is 11.2 Å². The summed E-state index contributed by atoms with van der Waals surface area (Å²) in [6, 6.07) is 9.12. The van der Waals surface area contributed by atoms with Crippen LogP contribution in [0.15, 0.2) is 30.3 Å². The Balaban J connectivity index is 2.22. The molecule has 0 aliphatic carbocycles. The molecule has 0 aliphatic rings. The highest BCUT2D eigenvalue weighted by Gasteiger charge is 2.31. The van der Waals surface area contributed by atoms with Crippen molar-refractivity contribution in [1.29, 1.82) is 0 Å². The molecule has 2 aromatic carbocycles. The number of aryl methyl sites for hydroxylation is 1. The van der Waals surface area contributed by atoms with Crippen LogP contribution in [0.5, 0.6) is 5.75 Å². The van der Waals surface area contributed by atoms with Gasteiger partial charge < -0.3 is 4.74 Å². The van der Waals surface area contributed by atoms with Gasteiger partial charge in [-0.25, -0.2) is 23.0 Å². The largest absolute Gasteiger partial charge is 0.434 e. The third-order valence-electron chi connectivity index (χ3n) is 4.19. The number of nitrogens with zero attached hydrogens (tertiary/aromatic N) is 1. The van der Waals surface area contributed by atoms with Crippen LogP contribution >= 0.6 is 0 Å². The first-order valence-electron chi connectivity index (χ1n) is 9.29. The van der Waals surface area contributed by atoms with E-state index in [1.807, 2.05) is 30.3 Å². The molecule has 0 saturated heterocycles. The second-order valence-electron chi connectivity index (χ2n) is 7.70. The monoisotopic (exact) mass is 444 g/mol. The summed E-state index contributed by atoms with van der Waals surface area (Å²) in [4.78, 5) is 24.7. The Labute approximate surface area is 175 Å². The average Bonchev–Trinajstić information content (AvgIpc) is 2.73. The highest BCUT2D eigenvalue weighted by Crippen LogP contribution is 2.29. The molecular formula is C21H21F5N2O3. The van der Waals surface area contributed by atoms with Crippen LogP contribution in [0.2, 0.25) is 0 Å². The quantitative estimate of drug-likeness (QED) is 0.309. The molecule has 0 unspecified atom stereocenters. The third kappa shape index (κ3) is 5.93. The summed E-state index contributed by atoms with van der Waals surface area (Å²) in [5.41, 5.74) is 2.24. The molecule has 0 fully saturated rings. The van der Waals surface area contributed by atoms with E-state index >= 15 is 0 Å². The number of hydrogen-bond donors (Lipinski definition) is 1. The molecular weight excluding hydrogens is 423 g/mol. The number of benzene rings is 2. The van der Waals surface area contributed by atoms with E-state index in [2.05, 4.69) is 10.2 Å². The number of rotatable bonds is 5. The predicted molar refractivity (Wildman–Crippen MR) is 101 cm³/mol. The maximum Gasteiger partial charge on any atom is 0.434 e. The molecule has 0 bridgehead atoms. The van der Waals surface area contributed by atoms with Crippen molar-refractivity contribution in [1.82, 2.24) is 10.4 Å². The van der Waals surface area contributed by atoms with Gasteiger partial charge in [-0.05, 0) is 18.4 Å². The first-order valence-corrected chi connectivity index (χ1v) is 9.29. The molecule has 10 heteroatoms. The van der Waals surface area contributed by atoms with Gasteiger partial charge in [-0.2, -0.15) is 8.78 Å². The molecule has 31 heavy (non-hydrogen) atoms. The predicted octanol–water partition coefficient (Wildman–Crippen LogP) is 4.89. The fourth-order valence-electron chi connectivity index (χ4n) is 2.39. The van der Waals surface area contributed by atoms with Gasteiger partial charge in [-0.15, -0.1) is 0 Å². The van der Waals surface area contributed by atoms with Gasteiger partial charge in [0.05, 0.1) is 0 Å². The van der Waals surface area contributed by atoms with Gasteiger partial charge in [-0.1, -0.05) is 51.1 Å². The van der Waals surface area contributed by atoms with Crippen molar-refractivity contribution in [2.75, 3.05) is 6.54 Å². The maximum atomic E-state index is 13.8. The molecule has 0 spiro atoms. The zero-order valence-electron chi connectivity index (χ0n) is 17.1. The summed E-state index contributed by atoms with van der Waals surface area (Å²) in [7, 11) is 0. The molecule has 2 amide bonds. The van der Waals surface area contributed by atoms with Crippen LogP contribution in [0.25, 0.3) is 0 Å². The molecule has 0 heterocycles. The van der Waals surface area contributed by atoms with Crippen LogP contribution in [0.3, 0.4) is 0 Å². The van der Waals surface area contributed by atoms with Crippen molar-refractivity contribution >= 4 is 12.0 Å². The molecule has 2 rings (SSSR count). The van der Waals surface area contributed by atoms with E-state index in [-0.39, 0.29) is 6.54 Å². The van der Waals surface area contributed by atoms with Gasteiger partial charge in [0.2, 0.25) is 40.7 Å². The number of carbonyl (C=O) groups excluding carboxylic acids is 2. The number of halogens is 5. The van der Waals surface area contributed by atoms with Crippen LogP contribution in [0.1, 0.15) is 32.8 Å².